The topological polar surface area (TPSA) is 66.6 Å². The molecule has 5 rings (SSSR count). The van der Waals surface area contributed by atoms with E-state index in [0.717, 1.165) is 27.4 Å². The third-order valence-electron chi connectivity index (χ3n) is 5.57. The van der Waals surface area contributed by atoms with Crippen LogP contribution in [0, 0.1) is 0 Å². The Kier molecular flexibility index (Phi) is 5.55. The molecular weight excluding hydrogens is 434 g/mol. The molecule has 2 N–H and O–H groups in total. The zero-order valence-electron chi connectivity index (χ0n) is 17.6. The first-order chi connectivity index (χ1) is 16.1. The van der Waals surface area contributed by atoms with Crippen molar-refractivity contribution in [1.82, 2.24) is 9.99 Å². The van der Waals surface area contributed by atoms with Crippen LogP contribution in [0.3, 0.4) is 0 Å². The van der Waals surface area contributed by atoms with Gasteiger partial charge in [0, 0.05) is 34.2 Å². The van der Waals surface area contributed by atoms with Gasteiger partial charge in [-0.05, 0) is 40.6 Å². The van der Waals surface area contributed by atoms with Gasteiger partial charge in [-0.2, -0.15) is 5.10 Å². The summed E-state index contributed by atoms with van der Waals surface area (Å²) in [7, 11) is 0. The number of hydrogen-bond donors (Lipinski definition) is 2. The van der Waals surface area contributed by atoms with Gasteiger partial charge in [-0.15, -0.1) is 0 Å². The van der Waals surface area contributed by atoms with E-state index in [9.17, 15) is 9.90 Å². The lowest BCUT2D eigenvalue weighted by Gasteiger charge is -2.07. The summed E-state index contributed by atoms with van der Waals surface area (Å²) < 4.78 is 2.13. The smallest absolute Gasteiger partial charge is 0.275 e. The normalized spacial score (nSPS) is 11.4. The minimum Gasteiger partial charge on any atom is -0.507 e. The van der Waals surface area contributed by atoms with E-state index < -0.39 is 5.91 Å². The van der Waals surface area contributed by atoms with Crippen LogP contribution >= 0.6 is 11.6 Å². The quantitative estimate of drug-likeness (QED) is 0.254. The Balaban J connectivity index is 1.43. The van der Waals surface area contributed by atoms with Crippen LogP contribution in [0.2, 0.25) is 5.02 Å². The van der Waals surface area contributed by atoms with Crippen LogP contribution in [-0.4, -0.2) is 21.8 Å². The first-order valence-electron chi connectivity index (χ1n) is 10.5. The van der Waals surface area contributed by atoms with Crippen LogP contribution < -0.4 is 5.43 Å². The predicted molar refractivity (Wildman–Crippen MR) is 133 cm³/mol. The summed E-state index contributed by atoms with van der Waals surface area (Å²) in [6.45, 7) is 0.658. The van der Waals surface area contributed by atoms with E-state index in [1.165, 1.54) is 6.07 Å². The molecule has 162 valence electrons. The molecule has 0 aliphatic rings. The van der Waals surface area contributed by atoms with Gasteiger partial charge in [0.1, 0.15) is 5.75 Å². The maximum Gasteiger partial charge on any atom is 0.275 e. The van der Waals surface area contributed by atoms with Gasteiger partial charge in [0.25, 0.3) is 5.91 Å². The van der Waals surface area contributed by atoms with Crippen LogP contribution in [0.1, 0.15) is 21.5 Å². The van der Waals surface area contributed by atoms with Crippen LogP contribution in [0.25, 0.3) is 21.7 Å². The molecule has 6 heteroatoms. The maximum atomic E-state index is 12.8. The molecule has 1 amide bonds. The molecule has 0 unspecified atom stereocenters. The number of phenolic OH excluding ortho intramolecular Hbond substituents is 1. The molecule has 0 fully saturated rings. The number of nitrogens with one attached hydrogen (secondary N) is 1. The summed E-state index contributed by atoms with van der Waals surface area (Å²) in [5, 5.41) is 17.7. The number of carbonyl (C=O) groups excluding carboxylic acids is 1. The number of aromatic hydroxyl groups is 1. The lowest BCUT2D eigenvalue weighted by molar-refractivity contribution is 0.0954. The Morgan fingerprint density at radius 2 is 1.76 bits per heavy atom. The number of nitrogens with zero attached hydrogens (tertiary/aromatic N) is 2. The third-order valence-corrected chi connectivity index (χ3v) is 5.80. The van der Waals surface area contributed by atoms with Crippen molar-refractivity contribution in [2.45, 2.75) is 6.54 Å². The first-order valence-corrected chi connectivity index (χ1v) is 10.8. The fourth-order valence-corrected chi connectivity index (χ4v) is 4.27. The molecule has 1 aromatic heterocycles. The fraction of sp³-hybridized carbons (Fsp3) is 0.0370. The highest BCUT2D eigenvalue weighted by molar-refractivity contribution is 6.30. The number of amides is 1. The number of aromatic nitrogens is 1. The van der Waals surface area contributed by atoms with Crippen LogP contribution in [0.5, 0.6) is 5.75 Å². The lowest BCUT2D eigenvalue weighted by Crippen LogP contribution is -2.18. The van der Waals surface area contributed by atoms with E-state index >= 15 is 0 Å². The zero-order valence-corrected chi connectivity index (χ0v) is 18.3. The molecule has 0 aliphatic carbocycles. The summed E-state index contributed by atoms with van der Waals surface area (Å²) in [6, 6.07) is 26.5. The third kappa shape index (κ3) is 4.19. The Bertz CT molecular complexity index is 1520. The molecule has 0 atom stereocenters. The van der Waals surface area contributed by atoms with Crippen molar-refractivity contribution < 1.29 is 9.90 Å². The highest BCUT2D eigenvalue weighted by atomic mass is 35.5. The lowest BCUT2D eigenvalue weighted by atomic mass is 10.0. The summed E-state index contributed by atoms with van der Waals surface area (Å²) >= 11 is 6.14. The predicted octanol–water partition coefficient (Wildman–Crippen LogP) is 5.97. The van der Waals surface area contributed by atoms with Gasteiger partial charge in [0.05, 0.1) is 11.8 Å². The highest BCUT2D eigenvalue weighted by Crippen LogP contribution is 2.27. The molecule has 0 spiro atoms. The van der Waals surface area contributed by atoms with Gasteiger partial charge in [-0.3, -0.25) is 4.79 Å². The van der Waals surface area contributed by atoms with Crippen molar-refractivity contribution in [3.05, 3.63) is 113 Å². The van der Waals surface area contributed by atoms with Crippen molar-refractivity contribution in [3.8, 4) is 5.75 Å². The number of carbonyl (C=O) groups is 1. The fourth-order valence-electron chi connectivity index (χ4n) is 4.06. The van der Waals surface area contributed by atoms with Crippen molar-refractivity contribution >= 4 is 45.4 Å². The van der Waals surface area contributed by atoms with E-state index in [-0.39, 0.29) is 11.3 Å². The molecule has 0 radical (unpaired) electrons. The summed E-state index contributed by atoms with van der Waals surface area (Å²) in [5.41, 5.74) is 5.77. The monoisotopic (exact) mass is 453 g/mol. The van der Waals surface area contributed by atoms with Crippen molar-refractivity contribution in [3.63, 3.8) is 0 Å². The van der Waals surface area contributed by atoms with Gasteiger partial charge in [0.15, 0.2) is 0 Å². The molecule has 0 saturated heterocycles. The van der Waals surface area contributed by atoms with Gasteiger partial charge in [-0.25, -0.2) is 5.43 Å². The van der Waals surface area contributed by atoms with Crippen LogP contribution in [-0.2, 0) is 6.54 Å². The van der Waals surface area contributed by atoms with Gasteiger partial charge in [-0.1, -0.05) is 72.3 Å². The molecule has 33 heavy (non-hydrogen) atoms. The number of hydrazone groups is 1. The van der Waals surface area contributed by atoms with Gasteiger partial charge in [0.2, 0.25) is 0 Å². The molecule has 0 bridgehead atoms. The number of halogens is 1. The van der Waals surface area contributed by atoms with Crippen LogP contribution in [0.15, 0.2) is 96.2 Å². The Hall–Kier alpha value is -4.09. The average Bonchev–Trinajstić information content (AvgIpc) is 3.16. The molecule has 5 aromatic rings. The molecule has 1 heterocycles. The number of fused-ring (bicyclic) bond motifs is 2. The van der Waals surface area contributed by atoms with Gasteiger partial charge < -0.3 is 9.67 Å². The number of benzene rings is 4. The minimum atomic E-state index is -0.469. The molecular formula is C27H20ClN3O2. The van der Waals surface area contributed by atoms with Crippen LogP contribution in [0.4, 0.5) is 0 Å². The summed E-state index contributed by atoms with van der Waals surface area (Å²) in [4.78, 5) is 12.8. The van der Waals surface area contributed by atoms with Crippen molar-refractivity contribution in [1.29, 1.82) is 0 Å². The van der Waals surface area contributed by atoms with E-state index in [0.29, 0.717) is 17.0 Å². The Labute approximate surface area is 195 Å². The standard InChI is InChI=1S/C27H20ClN3O2/c28-21-8-5-6-18(14-21)16-31-17-20(22-9-3-4-11-24(22)31)15-29-30-27(33)26-23-10-2-1-7-19(23)12-13-25(26)32/h1-15,17,32H,16H2,(H,30,33)/b29-15-. The Morgan fingerprint density at radius 1 is 0.970 bits per heavy atom. The van der Waals surface area contributed by atoms with E-state index in [4.69, 9.17) is 11.6 Å². The molecule has 5 nitrogen and oxygen atoms in total. The second-order valence-electron chi connectivity index (χ2n) is 7.74. The largest absolute Gasteiger partial charge is 0.507 e. The number of hydrogen-bond acceptors (Lipinski definition) is 3. The average molecular weight is 454 g/mol. The van der Waals surface area contributed by atoms with Crippen molar-refractivity contribution in [2.75, 3.05) is 0 Å². The van der Waals surface area contributed by atoms with E-state index in [2.05, 4.69) is 15.1 Å². The summed E-state index contributed by atoms with van der Waals surface area (Å²) in [6.07, 6.45) is 3.62. The molecule has 4 aromatic carbocycles. The number of rotatable bonds is 5. The first kappa shape index (κ1) is 20.8. The SMILES string of the molecule is O=C(N/N=C\c1cn(Cc2cccc(Cl)c2)c2ccccc12)c1c(O)ccc2ccccc12. The number of para-hydroxylation sites is 1. The molecule has 0 saturated carbocycles. The second kappa shape index (κ2) is 8.81. The zero-order chi connectivity index (χ0) is 22.8. The second-order valence-corrected chi connectivity index (χ2v) is 8.18. The van der Waals surface area contributed by atoms with Crippen molar-refractivity contribution in [2.24, 2.45) is 5.10 Å². The van der Waals surface area contributed by atoms with E-state index in [1.807, 2.05) is 72.9 Å². The molecule has 0 aliphatic heterocycles. The summed E-state index contributed by atoms with van der Waals surface area (Å²) in [5.74, 6) is -0.553. The van der Waals surface area contributed by atoms with E-state index in [1.54, 1.807) is 18.3 Å². The highest BCUT2D eigenvalue weighted by Gasteiger charge is 2.15. The maximum absolute atomic E-state index is 12.8. The van der Waals surface area contributed by atoms with Gasteiger partial charge >= 0.3 is 0 Å². The minimum absolute atomic E-state index is 0.0838. The Morgan fingerprint density at radius 3 is 2.61 bits per heavy atom. The number of phenols is 1.